The average molecular weight is 385 g/mol. The number of rotatable bonds is 4. The minimum atomic E-state index is -0.514. The third-order valence-corrected chi connectivity index (χ3v) is 5.33. The van der Waals surface area contributed by atoms with Crippen molar-refractivity contribution in [3.8, 4) is 6.07 Å². The number of nitrogens with one attached hydrogen (secondary N) is 1. The lowest BCUT2D eigenvalue weighted by atomic mass is 9.92. The Hall–Kier alpha value is -2.49. The molecular formula is C20H21ClN4O2. The number of amides is 1. The van der Waals surface area contributed by atoms with Gasteiger partial charge in [-0.25, -0.2) is 9.97 Å². The van der Waals surface area contributed by atoms with Crippen LogP contribution in [-0.2, 0) is 6.42 Å². The van der Waals surface area contributed by atoms with E-state index in [-0.39, 0.29) is 17.6 Å². The number of nitriles is 1. The first-order chi connectivity index (χ1) is 13.0. The van der Waals surface area contributed by atoms with Crippen LogP contribution in [0.25, 0.3) is 0 Å². The van der Waals surface area contributed by atoms with Gasteiger partial charge in [-0.15, -0.1) is 0 Å². The van der Waals surface area contributed by atoms with Gasteiger partial charge in [-0.1, -0.05) is 30.5 Å². The number of aliphatic hydroxyl groups excluding tert-OH is 1. The Balaban J connectivity index is 1.80. The third-order valence-electron chi connectivity index (χ3n) is 4.81. The average Bonchev–Trinajstić information content (AvgIpc) is 2.67. The van der Waals surface area contributed by atoms with Crippen LogP contribution in [0.3, 0.4) is 0 Å². The van der Waals surface area contributed by atoms with Gasteiger partial charge in [0, 0.05) is 12.6 Å². The van der Waals surface area contributed by atoms with Gasteiger partial charge in [-0.2, -0.15) is 5.26 Å². The Bertz CT molecular complexity index is 877. The van der Waals surface area contributed by atoms with Crippen LogP contribution < -0.4 is 5.32 Å². The van der Waals surface area contributed by atoms with E-state index in [2.05, 4.69) is 15.3 Å². The van der Waals surface area contributed by atoms with Crippen LogP contribution in [0.15, 0.2) is 24.4 Å². The molecule has 2 aromatic rings. The summed E-state index contributed by atoms with van der Waals surface area (Å²) in [5, 5.41) is 22.3. The van der Waals surface area contributed by atoms with E-state index in [4.69, 9.17) is 16.9 Å². The van der Waals surface area contributed by atoms with Gasteiger partial charge >= 0.3 is 0 Å². The van der Waals surface area contributed by atoms with Crippen LogP contribution in [0, 0.1) is 18.3 Å². The minimum Gasteiger partial charge on any atom is -0.391 e. The van der Waals surface area contributed by atoms with Gasteiger partial charge in [0.25, 0.3) is 5.91 Å². The predicted molar refractivity (Wildman–Crippen MR) is 101 cm³/mol. The molecule has 6 nitrogen and oxygen atoms in total. The first-order valence-electron chi connectivity index (χ1n) is 8.98. The van der Waals surface area contributed by atoms with E-state index in [0.29, 0.717) is 29.3 Å². The Morgan fingerprint density at radius 1 is 1.41 bits per heavy atom. The number of pyridine rings is 2. The summed E-state index contributed by atoms with van der Waals surface area (Å²) in [5.74, 6) is -0.306. The molecule has 27 heavy (non-hydrogen) atoms. The van der Waals surface area contributed by atoms with E-state index >= 15 is 0 Å². The molecule has 140 valence electrons. The number of nitrogens with zero attached hydrogens (tertiary/aromatic N) is 3. The molecule has 1 amide bonds. The van der Waals surface area contributed by atoms with Gasteiger partial charge in [0.2, 0.25) is 0 Å². The molecule has 3 rings (SSSR count). The largest absolute Gasteiger partial charge is 0.391 e. The molecule has 7 heteroatoms. The maximum atomic E-state index is 12.6. The normalized spacial score (nSPS) is 19.3. The molecule has 0 spiro atoms. The maximum Gasteiger partial charge on any atom is 0.270 e. The van der Waals surface area contributed by atoms with Crippen molar-refractivity contribution >= 4 is 17.5 Å². The van der Waals surface area contributed by atoms with Crippen LogP contribution in [0.4, 0.5) is 0 Å². The summed E-state index contributed by atoms with van der Waals surface area (Å²) in [6, 6.07) is 6.89. The van der Waals surface area contributed by atoms with E-state index in [9.17, 15) is 9.90 Å². The molecular weight excluding hydrogens is 364 g/mol. The molecule has 1 fully saturated rings. The highest BCUT2D eigenvalue weighted by Crippen LogP contribution is 2.24. The van der Waals surface area contributed by atoms with Crippen LogP contribution >= 0.6 is 11.6 Å². The molecule has 0 saturated heterocycles. The molecule has 0 bridgehead atoms. The summed E-state index contributed by atoms with van der Waals surface area (Å²) in [5.41, 5.74) is 2.86. The second-order valence-corrected chi connectivity index (χ2v) is 7.22. The maximum absolute atomic E-state index is 12.6. The number of aliphatic hydroxyl groups is 1. The molecule has 0 aliphatic heterocycles. The quantitative estimate of drug-likeness (QED) is 0.844. The van der Waals surface area contributed by atoms with E-state index in [0.717, 1.165) is 30.4 Å². The SMILES string of the molecule is Cc1nc(C(=O)NC2CCCC[C@@H]2O)cc(Cc2ccc(C#N)nc2)c1Cl. The van der Waals surface area contributed by atoms with Gasteiger partial charge in [0.05, 0.1) is 22.9 Å². The van der Waals surface area contributed by atoms with Crippen molar-refractivity contribution in [3.05, 3.63) is 57.6 Å². The van der Waals surface area contributed by atoms with Crippen molar-refractivity contribution in [3.63, 3.8) is 0 Å². The van der Waals surface area contributed by atoms with Crippen LogP contribution in [0.1, 0.15) is 58.7 Å². The molecule has 0 aromatic carbocycles. The van der Waals surface area contributed by atoms with Crippen molar-refractivity contribution in [2.24, 2.45) is 0 Å². The van der Waals surface area contributed by atoms with E-state index < -0.39 is 6.10 Å². The molecule has 1 aliphatic rings. The summed E-state index contributed by atoms with van der Waals surface area (Å²) in [7, 11) is 0. The topological polar surface area (TPSA) is 98.9 Å². The minimum absolute atomic E-state index is 0.241. The van der Waals surface area contributed by atoms with E-state index in [1.165, 1.54) is 0 Å². The smallest absolute Gasteiger partial charge is 0.270 e. The molecule has 2 atom stereocenters. The first kappa shape index (κ1) is 19.3. The van der Waals surface area contributed by atoms with Gasteiger partial charge in [0.1, 0.15) is 17.5 Å². The second-order valence-electron chi connectivity index (χ2n) is 6.84. The van der Waals surface area contributed by atoms with E-state index in [1.807, 2.05) is 12.1 Å². The Labute approximate surface area is 163 Å². The summed E-state index contributed by atoms with van der Waals surface area (Å²) < 4.78 is 0. The summed E-state index contributed by atoms with van der Waals surface area (Å²) in [6.45, 7) is 1.76. The fraction of sp³-hybridized carbons (Fsp3) is 0.400. The summed E-state index contributed by atoms with van der Waals surface area (Å²) in [6.07, 6.45) is 5.04. The molecule has 2 heterocycles. The van der Waals surface area contributed by atoms with Gasteiger partial charge in [-0.3, -0.25) is 4.79 Å². The Morgan fingerprint density at radius 2 is 2.19 bits per heavy atom. The zero-order chi connectivity index (χ0) is 19.4. The molecule has 2 aromatic heterocycles. The highest BCUT2D eigenvalue weighted by molar-refractivity contribution is 6.32. The number of halogens is 1. The Kier molecular flexibility index (Phi) is 6.04. The highest BCUT2D eigenvalue weighted by Gasteiger charge is 2.25. The fourth-order valence-electron chi connectivity index (χ4n) is 3.30. The van der Waals surface area contributed by atoms with Gasteiger partial charge < -0.3 is 10.4 Å². The van der Waals surface area contributed by atoms with Crippen LogP contribution in [-0.4, -0.2) is 33.1 Å². The van der Waals surface area contributed by atoms with Crippen molar-refractivity contribution in [1.82, 2.24) is 15.3 Å². The van der Waals surface area contributed by atoms with Gasteiger partial charge in [-0.05, 0) is 43.0 Å². The highest BCUT2D eigenvalue weighted by atomic mass is 35.5. The Morgan fingerprint density at radius 3 is 2.85 bits per heavy atom. The number of hydrogen-bond donors (Lipinski definition) is 2. The van der Waals surface area contributed by atoms with Gasteiger partial charge in [0.15, 0.2) is 0 Å². The molecule has 2 N–H and O–H groups in total. The lowest BCUT2D eigenvalue weighted by Crippen LogP contribution is -2.45. The summed E-state index contributed by atoms with van der Waals surface area (Å²) in [4.78, 5) is 21.0. The second kappa shape index (κ2) is 8.47. The van der Waals surface area contributed by atoms with Crippen LogP contribution in [0.2, 0.25) is 5.02 Å². The number of aromatic nitrogens is 2. The number of carbonyl (C=O) groups is 1. The number of hydrogen-bond acceptors (Lipinski definition) is 5. The fourth-order valence-corrected chi connectivity index (χ4v) is 3.47. The number of carbonyl (C=O) groups excluding carboxylic acids is 1. The first-order valence-corrected chi connectivity index (χ1v) is 9.35. The molecule has 1 saturated carbocycles. The van der Waals surface area contributed by atoms with Crippen molar-refractivity contribution in [1.29, 1.82) is 5.26 Å². The third kappa shape index (κ3) is 4.62. The molecule has 1 unspecified atom stereocenters. The van der Waals surface area contributed by atoms with Crippen molar-refractivity contribution in [2.75, 3.05) is 0 Å². The number of aryl methyl sites for hydroxylation is 1. The monoisotopic (exact) mass is 384 g/mol. The summed E-state index contributed by atoms with van der Waals surface area (Å²) >= 11 is 6.39. The standard InChI is InChI=1S/C20H21ClN4O2/c1-12-19(21)14(8-13-6-7-15(10-22)23-11-13)9-17(24-12)20(27)25-16-4-2-3-5-18(16)26/h6-7,9,11,16,18,26H,2-5,8H2,1H3,(H,25,27)/t16?,18-/m0/s1. The zero-order valence-electron chi connectivity index (χ0n) is 15.1. The van der Waals surface area contributed by atoms with E-state index in [1.54, 1.807) is 25.3 Å². The zero-order valence-corrected chi connectivity index (χ0v) is 15.8. The predicted octanol–water partition coefficient (Wildman–Crippen LogP) is 2.93. The van der Waals surface area contributed by atoms with Crippen molar-refractivity contribution in [2.45, 2.75) is 51.2 Å². The van der Waals surface area contributed by atoms with Crippen LogP contribution in [0.5, 0.6) is 0 Å². The van der Waals surface area contributed by atoms with Crippen molar-refractivity contribution < 1.29 is 9.90 Å². The lowest BCUT2D eigenvalue weighted by Gasteiger charge is -2.28. The lowest BCUT2D eigenvalue weighted by molar-refractivity contribution is 0.0713. The molecule has 1 aliphatic carbocycles. The molecule has 0 radical (unpaired) electrons.